The molecule has 0 saturated heterocycles. The van der Waals surface area contributed by atoms with Crippen LogP contribution in [-0.2, 0) is 4.79 Å². The molecular formula is C9H9N5O3. The van der Waals surface area contributed by atoms with Gasteiger partial charge in [0, 0.05) is 25.2 Å². The zero-order valence-corrected chi connectivity index (χ0v) is 8.71. The van der Waals surface area contributed by atoms with Gasteiger partial charge in [0.2, 0.25) is 11.7 Å². The number of hydrogen-bond donors (Lipinski definition) is 2. The van der Waals surface area contributed by atoms with Crippen LogP contribution in [0.3, 0.4) is 0 Å². The standard InChI is InChI=1S/C9H9N5O3/c10-4-6-3-7(14(16)17)9(13-5-6)12-2-1-8(11)15/h3,5H,1-2H2,(H2,11,15)(H,12,13). The van der Waals surface area contributed by atoms with Crippen molar-refractivity contribution in [3.8, 4) is 6.07 Å². The highest BCUT2D eigenvalue weighted by Crippen LogP contribution is 2.22. The molecule has 1 rings (SSSR count). The number of pyridine rings is 1. The van der Waals surface area contributed by atoms with Crippen LogP contribution in [-0.4, -0.2) is 22.4 Å². The Morgan fingerprint density at radius 3 is 2.94 bits per heavy atom. The fourth-order valence-corrected chi connectivity index (χ4v) is 1.09. The first kappa shape index (κ1) is 12.4. The van der Waals surface area contributed by atoms with Crippen LogP contribution >= 0.6 is 0 Å². The van der Waals surface area contributed by atoms with Gasteiger partial charge in [0.1, 0.15) is 6.07 Å². The Morgan fingerprint density at radius 2 is 2.41 bits per heavy atom. The van der Waals surface area contributed by atoms with Gasteiger partial charge >= 0.3 is 5.69 Å². The van der Waals surface area contributed by atoms with Gasteiger partial charge in [-0.25, -0.2) is 4.98 Å². The molecule has 0 saturated carbocycles. The minimum absolute atomic E-state index is 0.00949. The van der Waals surface area contributed by atoms with E-state index in [1.54, 1.807) is 6.07 Å². The molecule has 3 N–H and O–H groups in total. The Morgan fingerprint density at radius 1 is 1.71 bits per heavy atom. The number of rotatable bonds is 5. The van der Waals surface area contributed by atoms with E-state index in [9.17, 15) is 14.9 Å². The normalized spacial score (nSPS) is 9.35. The number of carbonyl (C=O) groups excluding carboxylic acids is 1. The number of aromatic nitrogens is 1. The Hall–Kier alpha value is -2.69. The fourth-order valence-electron chi connectivity index (χ4n) is 1.09. The third kappa shape index (κ3) is 3.42. The maximum atomic E-state index is 10.7. The first-order valence-electron chi connectivity index (χ1n) is 4.61. The second-order valence-corrected chi connectivity index (χ2v) is 3.10. The Bertz CT molecular complexity index is 494. The smallest absolute Gasteiger partial charge is 0.312 e. The number of nitrogens with one attached hydrogen (secondary N) is 1. The van der Waals surface area contributed by atoms with Crippen LogP contribution in [0.5, 0.6) is 0 Å². The molecule has 88 valence electrons. The summed E-state index contributed by atoms with van der Waals surface area (Å²) < 4.78 is 0. The van der Waals surface area contributed by atoms with Crippen LogP contribution in [0.1, 0.15) is 12.0 Å². The summed E-state index contributed by atoms with van der Waals surface area (Å²) in [6.07, 6.45) is 1.25. The van der Waals surface area contributed by atoms with E-state index in [0.717, 1.165) is 6.07 Å². The molecule has 0 spiro atoms. The van der Waals surface area contributed by atoms with Gasteiger partial charge in [-0.1, -0.05) is 0 Å². The largest absolute Gasteiger partial charge is 0.370 e. The molecule has 1 aromatic heterocycles. The third-order valence-corrected chi connectivity index (χ3v) is 1.86. The number of hydrogen-bond acceptors (Lipinski definition) is 6. The number of nitrogens with zero attached hydrogens (tertiary/aromatic N) is 3. The fraction of sp³-hybridized carbons (Fsp3) is 0.222. The van der Waals surface area contributed by atoms with E-state index in [4.69, 9.17) is 11.0 Å². The number of nitrogens with two attached hydrogens (primary N) is 1. The summed E-state index contributed by atoms with van der Waals surface area (Å²) in [6, 6.07) is 2.87. The summed E-state index contributed by atoms with van der Waals surface area (Å²) in [4.78, 5) is 24.3. The molecule has 0 aliphatic rings. The van der Waals surface area contributed by atoms with E-state index in [-0.39, 0.29) is 30.0 Å². The summed E-state index contributed by atoms with van der Waals surface area (Å²) in [5.41, 5.74) is 4.71. The van der Waals surface area contributed by atoms with Crippen molar-refractivity contribution >= 4 is 17.4 Å². The molecule has 0 aliphatic carbocycles. The van der Waals surface area contributed by atoms with Gasteiger partial charge in [-0.2, -0.15) is 5.26 Å². The average Bonchev–Trinajstić information content (AvgIpc) is 2.28. The summed E-state index contributed by atoms with van der Waals surface area (Å²) in [5, 5.41) is 21.9. The van der Waals surface area contributed by atoms with E-state index in [0.29, 0.717) is 0 Å². The maximum absolute atomic E-state index is 10.7. The van der Waals surface area contributed by atoms with Crippen LogP contribution < -0.4 is 11.1 Å². The zero-order chi connectivity index (χ0) is 12.8. The van der Waals surface area contributed by atoms with Crippen LogP contribution in [0.25, 0.3) is 0 Å². The minimum Gasteiger partial charge on any atom is -0.370 e. The van der Waals surface area contributed by atoms with Gasteiger partial charge in [-0.15, -0.1) is 0 Å². The van der Waals surface area contributed by atoms with Gasteiger partial charge in [0.25, 0.3) is 0 Å². The molecular weight excluding hydrogens is 226 g/mol. The molecule has 0 fully saturated rings. The second-order valence-electron chi connectivity index (χ2n) is 3.10. The van der Waals surface area contributed by atoms with E-state index >= 15 is 0 Å². The minimum atomic E-state index is -0.652. The topological polar surface area (TPSA) is 135 Å². The summed E-state index contributed by atoms with van der Waals surface area (Å²) in [6.45, 7) is 0.148. The van der Waals surface area contributed by atoms with Crippen LogP contribution in [0.4, 0.5) is 11.5 Å². The molecule has 1 aromatic rings. The predicted octanol–water partition coefficient (Wildman–Crippen LogP) is 0.149. The number of amides is 1. The first-order chi connectivity index (χ1) is 8.04. The van der Waals surface area contributed by atoms with Crippen molar-refractivity contribution in [2.24, 2.45) is 5.73 Å². The monoisotopic (exact) mass is 235 g/mol. The Balaban J connectivity index is 2.88. The lowest BCUT2D eigenvalue weighted by Gasteiger charge is -2.04. The van der Waals surface area contributed by atoms with Crippen LogP contribution in [0.2, 0.25) is 0 Å². The van der Waals surface area contributed by atoms with E-state index in [1.165, 1.54) is 6.20 Å². The van der Waals surface area contributed by atoms with Crippen molar-refractivity contribution in [2.75, 3.05) is 11.9 Å². The van der Waals surface area contributed by atoms with Crippen molar-refractivity contribution < 1.29 is 9.72 Å². The lowest BCUT2D eigenvalue weighted by Crippen LogP contribution is -2.16. The zero-order valence-electron chi connectivity index (χ0n) is 8.71. The van der Waals surface area contributed by atoms with Crippen molar-refractivity contribution in [2.45, 2.75) is 6.42 Å². The number of carbonyl (C=O) groups is 1. The molecule has 0 aromatic carbocycles. The lowest BCUT2D eigenvalue weighted by atomic mass is 10.2. The summed E-state index contributed by atoms with van der Waals surface area (Å²) >= 11 is 0. The van der Waals surface area contributed by atoms with E-state index in [1.807, 2.05) is 0 Å². The summed E-state index contributed by atoms with van der Waals surface area (Å²) in [7, 11) is 0. The SMILES string of the molecule is N#Cc1cnc(NCCC(N)=O)c([N+](=O)[O-])c1. The van der Waals surface area contributed by atoms with Crippen molar-refractivity contribution in [3.05, 3.63) is 27.9 Å². The van der Waals surface area contributed by atoms with Crippen molar-refractivity contribution in [3.63, 3.8) is 0 Å². The molecule has 0 atom stereocenters. The highest BCUT2D eigenvalue weighted by Gasteiger charge is 2.16. The number of anilines is 1. The molecule has 0 radical (unpaired) electrons. The molecule has 8 heteroatoms. The maximum Gasteiger partial charge on any atom is 0.312 e. The number of nitro groups is 1. The number of primary amides is 1. The van der Waals surface area contributed by atoms with Gasteiger partial charge in [0.15, 0.2) is 0 Å². The molecule has 17 heavy (non-hydrogen) atoms. The first-order valence-corrected chi connectivity index (χ1v) is 4.61. The van der Waals surface area contributed by atoms with Crippen LogP contribution in [0.15, 0.2) is 12.3 Å². The van der Waals surface area contributed by atoms with Gasteiger partial charge in [-0.3, -0.25) is 14.9 Å². The van der Waals surface area contributed by atoms with Crippen molar-refractivity contribution in [1.82, 2.24) is 4.98 Å². The Kier molecular flexibility index (Phi) is 3.94. The molecule has 0 bridgehead atoms. The van der Waals surface area contributed by atoms with Gasteiger partial charge < -0.3 is 11.1 Å². The third-order valence-electron chi connectivity index (χ3n) is 1.86. The second kappa shape index (κ2) is 5.41. The van der Waals surface area contributed by atoms with Gasteiger partial charge in [0.05, 0.1) is 10.5 Å². The van der Waals surface area contributed by atoms with Crippen LogP contribution in [0, 0.1) is 21.4 Å². The molecule has 1 amide bonds. The molecule has 0 unspecified atom stereocenters. The average molecular weight is 235 g/mol. The van der Waals surface area contributed by atoms with Gasteiger partial charge in [-0.05, 0) is 0 Å². The summed E-state index contributed by atoms with van der Waals surface area (Å²) in [5.74, 6) is -0.510. The Labute approximate surface area is 96.2 Å². The molecule has 8 nitrogen and oxygen atoms in total. The number of nitriles is 1. The highest BCUT2D eigenvalue weighted by molar-refractivity contribution is 5.74. The molecule has 1 heterocycles. The lowest BCUT2D eigenvalue weighted by molar-refractivity contribution is -0.384. The van der Waals surface area contributed by atoms with Crippen molar-refractivity contribution in [1.29, 1.82) is 5.26 Å². The molecule has 0 aliphatic heterocycles. The van der Waals surface area contributed by atoms with E-state index < -0.39 is 10.8 Å². The highest BCUT2D eigenvalue weighted by atomic mass is 16.6. The quantitative estimate of drug-likeness (QED) is 0.550. The van der Waals surface area contributed by atoms with E-state index in [2.05, 4.69) is 10.3 Å². The predicted molar refractivity (Wildman–Crippen MR) is 57.9 cm³/mol.